The van der Waals surface area contributed by atoms with Gasteiger partial charge >= 0.3 is 6.16 Å². The van der Waals surface area contributed by atoms with Gasteiger partial charge in [-0.2, -0.15) is 0 Å². The van der Waals surface area contributed by atoms with Crippen LogP contribution in [0.25, 0.3) is 0 Å². The van der Waals surface area contributed by atoms with E-state index in [2.05, 4.69) is 6.92 Å². The molecule has 0 radical (unpaired) electrons. The van der Waals surface area contributed by atoms with Crippen molar-refractivity contribution in [1.82, 2.24) is 0 Å². The summed E-state index contributed by atoms with van der Waals surface area (Å²) in [5.41, 5.74) is 0. The second-order valence-electron chi connectivity index (χ2n) is 1.92. The Hall–Kier alpha value is -0.770. The predicted molar refractivity (Wildman–Crippen MR) is 37.2 cm³/mol. The molecular formula is C6H14O4. The van der Waals surface area contributed by atoms with Gasteiger partial charge < -0.3 is 15.3 Å². The number of aliphatic hydroxyl groups excluding tert-OH is 1. The number of carboxylic acid groups (broad SMARTS) is 2. The molecule has 0 bridgehead atoms. The molecule has 0 saturated carbocycles. The van der Waals surface area contributed by atoms with Crippen molar-refractivity contribution in [2.75, 3.05) is 0 Å². The van der Waals surface area contributed by atoms with Crippen molar-refractivity contribution in [3.63, 3.8) is 0 Å². The Morgan fingerprint density at radius 3 is 1.80 bits per heavy atom. The lowest BCUT2D eigenvalue weighted by molar-refractivity contribution is 0.137. The van der Waals surface area contributed by atoms with Crippen LogP contribution in [0.2, 0.25) is 0 Å². The van der Waals surface area contributed by atoms with Gasteiger partial charge in [0.05, 0.1) is 6.10 Å². The fraction of sp³-hybridized carbons (Fsp3) is 0.833. The smallest absolute Gasteiger partial charge is 0.450 e. The lowest BCUT2D eigenvalue weighted by Gasteiger charge is -1.95. The third-order valence-corrected chi connectivity index (χ3v) is 0.706. The Morgan fingerprint density at radius 1 is 1.50 bits per heavy atom. The van der Waals surface area contributed by atoms with Crippen molar-refractivity contribution in [1.29, 1.82) is 0 Å². The maximum atomic E-state index is 8.56. The lowest BCUT2D eigenvalue weighted by Crippen LogP contribution is -1.95. The topological polar surface area (TPSA) is 77.8 Å². The van der Waals surface area contributed by atoms with Crippen LogP contribution in [0.1, 0.15) is 26.7 Å². The Kier molecular flexibility index (Phi) is 9.84. The highest BCUT2D eigenvalue weighted by molar-refractivity contribution is 5.53. The molecule has 0 rings (SSSR count). The van der Waals surface area contributed by atoms with Gasteiger partial charge in [-0.05, 0) is 13.3 Å². The van der Waals surface area contributed by atoms with E-state index in [1.807, 2.05) is 6.92 Å². The van der Waals surface area contributed by atoms with Crippen molar-refractivity contribution in [2.24, 2.45) is 0 Å². The summed E-state index contributed by atoms with van der Waals surface area (Å²) in [5.74, 6) is 0. The molecule has 1 unspecified atom stereocenters. The minimum Gasteiger partial charge on any atom is -0.450 e. The molecular weight excluding hydrogens is 136 g/mol. The molecule has 0 aromatic heterocycles. The van der Waals surface area contributed by atoms with Gasteiger partial charge in [0, 0.05) is 0 Å². The summed E-state index contributed by atoms with van der Waals surface area (Å²) in [6, 6.07) is 0. The molecule has 3 N–H and O–H groups in total. The van der Waals surface area contributed by atoms with Crippen LogP contribution in [-0.4, -0.2) is 27.6 Å². The van der Waals surface area contributed by atoms with E-state index >= 15 is 0 Å². The number of rotatable bonds is 2. The van der Waals surface area contributed by atoms with E-state index in [1.165, 1.54) is 0 Å². The first-order chi connectivity index (χ1) is 4.50. The molecule has 0 spiro atoms. The van der Waals surface area contributed by atoms with E-state index in [-0.39, 0.29) is 6.10 Å². The third-order valence-electron chi connectivity index (χ3n) is 0.706. The molecule has 0 heterocycles. The van der Waals surface area contributed by atoms with Crippen LogP contribution in [0.15, 0.2) is 0 Å². The third kappa shape index (κ3) is 56.4. The molecule has 4 heteroatoms. The Bertz CT molecular complexity index is 75.8. The van der Waals surface area contributed by atoms with Crippen molar-refractivity contribution in [2.45, 2.75) is 32.8 Å². The zero-order valence-corrected chi connectivity index (χ0v) is 6.24. The Labute approximate surface area is 60.1 Å². The zero-order chi connectivity index (χ0) is 8.57. The van der Waals surface area contributed by atoms with Crippen LogP contribution in [0.3, 0.4) is 0 Å². The summed E-state index contributed by atoms with van der Waals surface area (Å²) in [4.78, 5) is 8.56. The minimum absolute atomic E-state index is 0.102. The van der Waals surface area contributed by atoms with E-state index in [9.17, 15) is 0 Å². The van der Waals surface area contributed by atoms with Gasteiger partial charge in [-0.15, -0.1) is 0 Å². The van der Waals surface area contributed by atoms with E-state index in [1.54, 1.807) is 0 Å². The molecule has 0 aromatic carbocycles. The number of aliphatic hydroxyl groups is 1. The molecule has 0 aliphatic rings. The first-order valence-electron chi connectivity index (χ1n) is 3.10. The summed E-state index contributed by atoms with van der Waals surface area (Å²) < 4.78 is 0. The van der Waals surface area contributed by atoms with E-state index in [0.717, 1.165) is 12.8 Å². The van der Waals surface area contributed by atoms with E-state index in [4.69, 9.17) is 20.1 Å². The monoisotopic (exact) mass is 150 g/mol. The summed E-state index contributed by atoms with van der Waals surface area (Å²) >= 11 is 0. The summed E-state index contributed by atoms with van der Waals surface area (Å²) in [6.45, 7) is 3.87. The van der Waals surface area contributed by atoms with Crippen molar-refractivity contribution in [3.05, 3.63) is 0 Å². The fourth-order valence-corrected chi connectivity index (χ4v) is 0.418. The summed E-state index contributed by atoms with van der Waals surface area (Å²) in [6.07, 6.45) is 0.0764. The predicted octanol–water partition coefficient (Wildman–Crippen LogP) is 1.39. The number of carbonyl (C=O) groups is 1. The van der Waals surface area contributed by atoms with E-state index < -0.39 is 6.16 Å². The minimum atomic E-state index is -1.83. The molecule has 62 valence electrons. The standard InChI is InChI=1S/C5H12O.CH2O3/c1-3-4-5(2)6;2-1(3)4/h5-6H,3-4H2,1-2H3;(H2,2,3,4). The highest BCUT2D eigenvalue weighted by atomic mass is 16.6. The molecule has 4 nitrogen and oxygen atoms in total. The van der Waals surface area contributed by atoms with Crippen LogP contribution in [0, 0.1) is 0 Å². The number of hydrogen-bond acceptors (Lipinski definition) is 2. The van der Waals surface area contributed by atoms with Gasteiger partial charge in [0.25, 0.3) is 0 Å². The summed E-state index contributed by atoms with van der Waals surface area (Å²) in [7, 11) is 0. The first kappa shape index (κ1) is 12.0. The van der Waals surface area contributed by atoms with Crippen LogP contribution in [0.5, 0.6) is 0 Å². The average molecular weight is 150 g/mol. The lowest BCUT2D eigenvalue weighted by atomic mass is 10.2. The molecule has 0 aliphatic carbocycles. The van der Waals surface area contributed by atoms with Crippen LogP contribution < -0.4 is 0 Å². The first-order valence-corrected chi connectivity index (χ1v) is 3.10. The van der Waals surface area contributed by atoms with Gasteiger partial charge in [-0.1, -0.05) is 13.3 Å². The van der Waals surface area contributed by atoms with Crippen molar-refractivity contribution in [3.8, 4) is 0 Å². The molecule has 0 saturated heterocycles. The van der Waals surface area contributed by atoms with Crippen LogP contribution in [-0.2, 0) is 0 Å². The molecule has 0 aliphatic heterocycles. The van der Waals surface area contributed by atoms with Gasteiger partial charge in [-0.3, -0.25) is 0 Å². The van der Waals surface area contributed by atoms with E-state index in [0.29, 0.717) is 0 Å². The quantitative estimate of drug-likeness (QED) is 0.555. The molecule has 0 amide bonds. The maximum absolute atomic E-state index is 8.56. The average Bonchev–Trinajstić information content (AvgIpc) is 1.62. The van der Waals surface area contributed by atoms with Gasteiger partial charge in [-0.25, -0.2) is 4.79 Å². The second-order valence-corrected chi connectivity index (χ2v) is 1.92. The van der Waals surface area contributed by atoms with Gasteiger partial charge in [0.15, 0.2) is 0 Å². The van der Waals surface area contributed by atoms with Crippen LogP contribution in [0.4, 0.5) is 4.79 Å². The van der Waals surface area contributed by atoms with Gasteiger partial charge in [0.1, 0.15) is 0 Å². The highest BCUT2D eigenvalue weighted by Crippen LogP contribution is 1.91. The van der Waals surface area contributed by atoms with Gasteiger partial charge in [0.2, 0.25) is 0 Å². The summed E-state index contributed by atoms with van der Waals surface area (Å²) in [5, 5.41) is 22.5. The molecule has 0 aromatic rings. The Balaban J connectivity index is 0. The van der Waals surface area contributed by atoms with Crippen LogP contribution >= 0.6 is 0 Å². The largest absolute Gasteiger partial charge is 0.503 e. The SMILES string of the molecule is CCCC(C)O.O=C(O)O. The molecule has 1 atom stereocenters. The van der Waals surface area contributed by atoms with Crippen molar-refractivity contribution < 1.29 is 20.1 Å². The fourth-order valence-electron chi connectivity index (χ4n) is 0.418. The normalized spacial score (nSPS) is 11.1. The zero-order valence-electron chi connectivity index (χ0n) is 6.24. The maximum Gasteiger partial charge on any atom is 0.503 e. The Morgan fingerprint density at radius 2 is 1.80 bits per heavy atom. The molecule has 10 heavy (non-hydrogen) atoms. The highest BCUT2D eigenvalue weighted by Gasteiger charge is 1.87. The number of hydrogen-bond donors (Lipinski definition) is 3. The second kappa shape index (κ2) is 8.23. The van der Waals surface area contributed by atoms with Crippen molar-refractivity contribution >= 4 is 6.16 Å². The molecule has 0 fully saturated rings.